The fraction of sp³-hybridized carbons (Fsp3) is 0.250. The Hall–Kier alpha value is -5.50. The Balaban J connectivity index is 0.000000235. The number of aryl methyl sites for hydroxylation is 1. The van der Waals surface area contributed by atoms with Crippen LogP contribution >= 0.6 is 0 Å². The van der Waals surface area contributed by atoms with E-state index in [4.69, 9.17) is 16.5 Å². The van der Waals surface area contributed by atoms with E-state index >= 15 is 0 Å². The van der Waals surface area contributed by atoms with Crippen molar-refractivity contribution in [3.8, 4) is 17.5 Å². The smallest absolute Gasteiger partial charge is 0.267 e. The van der Waals surface area contributed by atoms with Gasteiger partial charge in [0.25, 0.3) is 11.5 Å². The monoisotopic (exact) mass is 576 g/mol. The Labute approximate surface area is 248 Å². The van der Waals surface area contributed by atoms with Gasteiger partial charge in [0, 0.05) is 50.3 Å². The molecule has 1 fully saturated rings. The average molecular weight is 577 g/mol. The first kappa shape index (κ1) is 29.0. The molecule has 218 valence electrons. The van der Waals surface area contributed by atoms with E-state index in [-0.39, 0.29) is 28.8 Å². The topological polar surface area (TPSA) is 154 Å². The van der Waals surface area contributed by atoms with Crippen LogP contribution < -0.4 is 17.0 Å². The van der Waals surface area contributed by atoms with Crippen LogP contribution in [0.15, 0.2) is 71.8 Å². The number of nitrogen functional groups attached to an aromatic ring is 1. The molecule has 4 N–H and O–H groups in total. The van der Waals surface area contributed by atoms with Crippen LogP contribution in [0.5, 0.6) is 0 Å². The van der Waals surface area contributed by atoms with Crippen LogP contribution in [0.4, 0.5) is 5.82 Å². The number of nitrogens with zero attached hydrogens (tertiary/aromatic N) is 6. The van der Waals surface area contributed by atoms with Gasteiger partial charge in [-0.25, -0.2) is 14.5 Å². The third-order valence-electron chi connectivity index (χ3n) is 7.32. The van der Waals surface area contributed by atoms with Crippen molar-refractivity contribution in [2.24, 2.45) is 11.7 Å². The number of anilines is 1. The zero-order valence-electron chi connectivity index (χ0n) is 24.0. The summed E-state index contributed by atoms with van der Waals surface area (Å²) in [5.74, 6) is 7.16. The maximum absolute atomic E-state index is 13.5. The lowest BCUT2D eigenvalue weighted by molar-refractivity contribution is -0.129. The number of para-hydroxylation sites is 1. The van der Waals surface area contributed by atoms with E-state index in [9.17, 15) is 14.4 Å². The van der Waals surface area contributed by atoms with Gasteiger partial charge in [-0.05, 0) is 43.2 Å². The van der Waals surface area contributed by atoms with Gasteiger partial charge in [0.1, 0.15) is 11.4 Å². The van der Waals surface area contributed by atoms with Gasteiger partial charge in [-0.1, -0.05) is 43.0 Å². The normalized spacial score (nSPS) is 13.2. The summed E-state index contributed by atoms with van der Waals surface area (Å²) in [5, 5.41) is 4.43. The number of hydrogen-bond donors (Lipinski definition) is 2. The molecule has 4 heterocycles. The minimum absolute atomic E-state index is 0.0839. The minimum atomic E-state index is -0.619. The molecule has 11 nitrogen and oxygen atoms in total. The predicted molar refractivity (Wildman–Crippen MR) is 164 cm³/mol. The molecular formula is C32H32N8O3. The van der Waals surface area contributed by atoms with E-state index in [2.05, 4.69) is 21.9 Å². The fourth-order valence-electron chi connectivity index (χ4n) is 5.12. The largest absolute Gasteiger partial charge is 0.381 e. The standard InChI is InChI=1S/C25H25N3O2.C7H7N5O/c1-3-23-26-22-11-7-8-20(13-12-19-14-16-27(17-15-19)18(2)29)24(22)25(30)28(23)21-9-5-4-6-10-21;8-5-4(6(9)13)7-10-2-1-3-12(7)11-5/h4-11,19H,3,14-17H2,1-2H3;1-3H,(H2,8,11)(H2,9,13). The third kappa shape index (κ3) is 6.08. The van der Waals surface area contributed by atoms with Crippen molar-refractivity contribution in [3.05, 3.63) is 94.3 Å². The quantitative estimate of drug-likeness (QED) is 0.313. The molecule has 1 saturated heterocycles. The van der Waals surface area contributed by atoms with E-state index in [1.165, 1.54) is 4.52 Å². The second kappa shape index (κ2) is 12.6. The number of carbonyl (C=O) groups excluding carboxylic acids is 2. The molecule has 11 heteroatoms. The van der Waals surface area contributed by atoms with Gasteiger partial charge in [0.05, 0.1) is 16.6 Å². The Kier molecular flexibility index (Phi) is 8.48. The van der Waals surface area contributed by atoms with Gasteiger partial charge in [-0.15, -0.1) is 5.10 Å². The van der Waals surface area contributed by atoms with Crippen molar-refractivity contribution in [1.29, 1.82) is 0 Å². The van der Waals surface area contributed by atoms with Gasteiger partial charge < -0.3 is 16.4 Å². The molecule has 43 heavy (non-hydrogen) atoms. The number of likely N-dealkylation sites (tertiary alicyclic amines) is 1. The van der Waals surface area contributed by atoms with Crippen molar-refractivity contribution in [3.63, 3.8) is 0 Å². The summed E-state index contributed by atoms with van der Waals surface area (Å²) in [5.41, 5.74) is 13.3. The first-order valence-electron chi connectivity index (χ1n) is 14.0. The molecule has 3 aromatic heterocycles. The molecule has 2 aromatic carbocycles. The summed E-state index contributed by atoms with van der Waals surface area (Å²) in [7, 11) is 0. The zero-order chi connectivity index (χ0) is 30.5. The molecule has 6 rings (SSSR count). The predicted octanol–water partition coefficient (Wildman–Crippen LogP) is 2.97. The summed E-state index contributed by atoms with van der Waals surface area (Å²) in [4.78, 5) is 46.5. The number of fused-ring (bicyclic) bond motifs is 2. The number of hydrogen-bond acceptors (Lipinski definition) is 7. The number of amides is 2. The maximum Gasteiger partial charge on any atom is 0.267 e. The summed E-state index contributed by atoms with van der Waals surface area (Å²) < 4.78 is 3.11. The Morgan fingerprint density at radius 3 is 2.47 bits per heavy atom. The number of primary amides is 1. The van der Waals surface area contributed by atoms with Gasteiger partial charge >= 0.3 is 0 Å². The highest BCUT2D eigenvalue weighted by molar-refractivity contribution is 6.03. The maximum atomic E-state index is 13.5. The van der Waals surface area contributed by atoms with E-state index in [0.29, 0.717) is 28.5 Å². The molecule has 0 unspecified atom stereocenters. The van der Waals surface area contributed by atoms with Crippen molar-refractivity contribution in [2.45, 2.75) is 33.1 Å². The number of nitrogens with two attached hydrogens (primary N) is 2. The van der Waals surface area contributed by atoms with Crippen LogP contribution in [0.25, 0.3) is 22.2 Å². The van der Waals surface area contributed by atoms with Gasteiger partial charge in [-0.3, -0.25) is 19.0 Å². The molecule has 0 bridgehead atoms. The number of benzene rings is 2. The lowest BCUT2D eigenvalue weighted by atomic mass is 9.96. The summed E-state index contributed by atoms with van der Waals surface area (Å²) in [6.07, 6.45) is 5.58. The minimum Gasteiger partial charge on any atom is -0.381 e. The molecule has 2 amide bonds. The highest BCUT2D eigenvalue weighted by atomic mass is 16.2. The molecular weight excluding hydrogens is 544 g/mol. The van der Waals surface area contributed by atoms with E-state index in [0.717, 1.165) is 37.4 Å². The van der Waals surface area contributed by atoms with Crippen molar-refractivity contribution in [1.82, 2.24) is 29.0 Å². The van der Waals surface area contributed by atoms with Crippen LogP contribution in [0, 0.1) is 17.8 Å². The van der Waals surface area contributed by atoms with Crippen molar-refractivity contribution >= 4 is 34.2 Å². The summed E-state index contributed by atoms with van der Waals surface area (Å²) in [6.45, 7) is 5.10. The number of rotatable bonds is 3. The molecule has 1 aliphatic heterocycles. The van der Waals surface area contributed by atoms with Crippen molar-refractivity contribution in [2.75, 3.05) is 18.8 Å². The first-order chi connectivity index (χ1) is 20.8. The molecule has 5 aromatic rings. The second-order valence-corrected chi connectivity index (χ2v) is 10.1. The Morgan fingerprint density at radius 1 is 1.05 bits per heavy atom. The van der Waals surface area contributed by atoms with Gasteiger partial charge in [-0.2, -0.15) is 0 Å². The van der Waals surface area contributed by atoms with Crippen LogP contribution in [-0.4, -0.2) is 54.0 Å². The number of aromatic nitrogens is 5. The van der Waals surface area contributed by atoms with Gasteiger partial charge in [0.2, 0.25) is 5.91 Å². The molecule has 1 aliphatic rings. The number of carbonyl (C=O) groups is 2. The van der Waals surface area contributed by atoms with Crippen LogP contribution in [0.1, 0.15) is 48.4 Å². The van der Waals surface area contributed by atoms with E-state index in [1.807, 2.05) is 60.4 Å². The van der Waals surface area contributed by atoms with E-state index < -0.39 is 5.91 Å². The van der Waals surface area contributed by atoms with Crippen molar-refractivity contribution < 1.29 is 9.59 Å². The SMILES string of the molecule is CCc1nc2cccc(C#CC3CCN(C(C)=O)CC3)c2c(=O)n1-c1ccccc1.NC(=O)c1c(N)nn2cccnc12. The van der Waals surface area contributed by atoms with Crippen LogP contribution in [0.2, 0.25) is 0 Å². The lowest BCUT2D eigenvalue weighted by Crippen LogP contribution is -2.36. The first-order valence-corrected chi connectivity index (χ1v) is 14.0. The number of piperidine rings is 1. The fourth-order valence-corrected chi connectivity index (χ4v) is 5.12. The molecule has 0 spiro atoms. The highest BCUT2D eigenvalue weighted by Gasteiger charge is 2.19. The molecule has 0 radical (unpaired) electrons. The van der Waals surface area contributed by atoms with Crippen LogP contribution in [-0.2, 0) is 11.2 Å². The highest BCUT2D eigenvalue weighted by Crippen LogP contribution is 2.19. The Bertz CT molecular complexity index is 1930. The molecule has 0 atom stereocenters. The molecule has 0 saturated carbocycles. The summed E-state index contributed by atoms with van der Waals surface area (Å²) in [6, 6.07) is 17.0. The molecule has 0 aliphatic carbocycles. The van der Waals surface area contributed by atoms with Gasteiger partial charge in [0.15, 0.2) is 11.5 Å². The van der Waals surface area contributed by atoms with E-state index in [1.54, 1.807) is 30.0 Å². The Morgan fingerprint density at radius 2 is 1.79 bits per heavy atom. The van der Waals surface area contributed by atoms with Crippen LogP contribution in [0.3, 0.4) is 0 Å². The average Bonchev–Trinajstić information content (AvgIpc) is 3.36. The summed E-state index contributed by atoms with van der Waals surface area (Å²) >= 11 is 0. The zero-order valence-corrected chi connectivity index (χ0v) is 24.0. The third-order valence-corrected chi connectivity index (χ3v) is 7.32. The lowest BCUT2D eigenvalue weighted by Gasteiger charge is -2.28. The second-order valence-electron chi connectivity index (χ2n) is 10.1.